The zero-order valence-electron chi connectivity index (χ0n) is 18.6. The lowest BCUT2D eigenvalue weighted by Gasteiger charge is -2.31. The Morgan fingerprint density at radius 2 is 1.76 bits per heavy atom. The van der Waals surface area contributed by atoms with Gasteiger partial charge in [-0.2, -0.15) is 5.10 Å². The molecule has 0 unspecified atom stereocenters. The highest BCUT2D eigenvalue weighted by Gasteiger charge is 2.17. The largest absolute Gasteiger partial charge is 0.367 e. The zero-order valence-corrected chi connectivity index (χ0v) is 18.6. The summed E-state index contributed by atoms with van der Waals surface area (Å²) in [5.41, 5.74) is 5.36. The van der Waals surface area contributed by atoms with Gasteiger partial charge in [-0.25, -0.2) is 9.50 Å². The van der Waals surface area contributed by atoms with Crippen LogP contribution in [0.2, 0.25) is 0 Å². The third kappa shape index (κ3) is 4.88. The van der Waals surface area contributed by atoms with E-state index in [4.69, 9.17) is 0 Å². The molecule has 2 aromatic heterocycles. The van der Waals surface area contributed by atoms with E-state index in [1.54, 1.807) is 16.8 Å². The molecule has 0 atom stereocenters. The van der Waals surface area contributed by atoms with Crippen molar-refractivity contribution in [3.8, 4) is 0 Å². The molecule has 0 spiro atoms. The molecule has 2 aromatic carbocycles. The molecule has 0 saturated carbocycles. The van der Waals surface area contributed by atoms with Gasteiger partial charge in [-0.3, -0.25) is 4.79 Å². The Kier molecular flexibility index (Phi) is 6.30. The number of amides is 1. The fourth-order valence-electron chi connectivity index (χ4n) is 4.29. The van der Waals surface area contributed by atoms with Crippen LogP contribution in [0.5, 0.6) is 0 Å². The molecule has 7 heteroatoms. The minimum atomic E-state index is -0.212. The predicted octanol–water partition coefficient (Wildman–Crippen LogP) is 3.57. The highest BCUT2D eigenvalue weighted by molar-refractivity contribution is 6.05. The summed E-state index contributed by atoms with van der Waals surface area (Å²) >= 11 is 0. The molecular weight excluding hydrogens is 412 g/mol. The molecule has 1 amide bonds. The number of nitrogens with zero attached hydrogens (tertiary/aromatic N) is 4. The van der Waals surface area contributed by atoms with Crippen molar-refractivity contribution in [2.45, 2.75) is 19.3 Å². The third-order valence-corrected chi connectivity index (χ3v) is 6.04. The number of carbonyl (C=O) groups excluding carboxylic acids is 1. The van der Waals surface area contributed by atoms with Crippen LogP contribution in [0.15, 0.2) is 73.1 Å². The molecule has 1 aliphatic rings. The number of benzene rings is 2. The number of nitrogens with one attached hydrogen (secondary N) is 2. The van der Waals surface area contributed by atoms with Gasteiger partial charge in [-0.05, 0) is 43.0 Å². The first-order valence-corrected chi connectivity index (χ1v) is 11.5. The predicted molar refractivity (Wildman–Crippen MR) is 131 cm³/mol. The Morgan fingerprint density at radius 1 is 0.970 bits per heavy atom. The van der Waals surface area contributed by atoms with E-state index in [1.165, 1.54) is 5.56 Å². The highest BCUT2D eigenvalue weighted by atomic mass is 16.1. The Balaban J connectivity index is 1.31. The van der Waals surface area contributed by atoms with E-state index in [1.807, 2.05) is 30.5 Å². The molecule has 33 heavy (non-hydrogen) atoms. The summed E-state index contributed by atoms with van der Waals surface area (Å²) in [5, 5.41) is 10.9. The fourth-order valence-corrected chi connectivity index (χ4v) is 4.29. The number of aryl methyl sites for hydroxylation is 2. The van der Waals surface area contributed by atoms with Crippen LogP contribution in [0.3, 0.4) is 0 Å². The second-order valence-electron chi connectivity index (χ2n) is 8.30. The summed E-state index contributed by atoms with van der Waals surface area (Å²) in [7, 11) is 0. The lowest BCUT2D eigenvalue weighted by atomic mass is 10.1. The summed E-state index contributed by atoms with van der Waals surface area (Å²) < 4.78 is 1.74. The Bertz CT molecular complexity index is 1230. The number of piperazine rings is 1. The average molecular weight is 441 g/mol. The van der Waals surface area contributed by atoms with Gasteiger partial charge in [-0.15, -0.1) is 0 Å². The molecule has 0 radical (unpaired) electrons. The van der Waals surface area contributed by atoms with Crippen LogP contribution in [0, 0.1) is 0 Å². The van der Waals surface area contributed by atoms with E-state index in [0.29, 0.717) is 5.69 Å². The van der Waals surface area contributed by atoms with Gasteiger partial charge in [0.25, 0.3) is 5.91 Å². The van der Waals surface area contributed by atoms with Crippen molar-refractivity contribution in [3.63, 3.8) is 0 Å². The van der Waals surface area contributed by atoms with E-state index in [-0.39, 0.29) is 5.91 Å². The third-order valence-electron chi connectivity index (χ3n) is 6.04. The molecule has 7 nitrogen and oxygen atoms in total. The summed E-state index contributed by atoms with van der Waals surface area (Å²) in [6.45, 7) is 3.71. The van der Waals surface area contributed by atoms with Crippen LogP contribution in [0.25, 0.3) is 5.65 Å². The normalized spacial score (nSPS) is 13.9. The molecule has 1 aliphatic heterocycles. The van der Waals surface area contributed by atoms with Crippen molar-refractivity contribution in [2.24, 2.45) is 0 Å². The van der Waals surface area contributed by atoms with Crippen molar-refractivity contribution >= 4 is 22.9 Å². The van der Waals surface area contributed by atoms with Gasteiger partial charge in [0.1, 0.15) is 5.69 Å². The number of anilines is 2. The fraction of sp³-hybridized carbons (Fsp3) is 0.269. The number of hydrogen-bond donors (Lipinski definition) is 2. The minimum Gasteiger partial charge on any atom is -0.367 e. The van der Waals surface area contributed by atoms with Crippen molar-refractivity contribution in [1.29, 1.82) is 0 Å². The molecule has 0 bridgehead atoms. The van der Waals surface area contributed by atoms with E-state index in [9.17, 15) is 4.79 Å². The number of rotatable bonds is 7. The van der Waals surface area contributed by atoms with Crippen LogP contribution >= 0.6 is 0 Å². The number of aromatic nitrogens is 3. The van der Waals surface area contributed by atoms with Gasteiger partial charge in [0.2, 0.25) is 0 Å². The number of fused-ring (bicyclic) bond motifs is 1. The van der Waals surface area contributed by atoms with Crippen molar-refractivity contribution in [3.05, 3.63) is 89.9 Å². The summed E-state index contributed by atoms with van der Waals surface area (Å²) in [4.78, 5) is 20.1. The van der Waals surface area contributed by atoms with E-state index in [2.05, 4.69) is 55.9 Å². The van der Waals surface area contributed by atoms with E-state index < -0.39 is 0 Å². The lowest BCUT2D eigenvalue weighted by molar-refractivity contribution is 0.102. The van der Waals surface area contributed by atoms with Gasteiger partial charge in [0, 0.05) is 37.9 Å². The Morgan fingerprint density at radius 3 is 2.61 bits per heavy atom. The van der Waals surface area contributed by atoms with Crippen LogP contribution in [0.4, 0.5) is 11.4 Å². The van der Waals surface area contributed by atoms with Crippen LogP contribution in [0.1, 0.15) is 28.0 Å². The van der Waals surface area contributed by atoms with Crippen molar-refractivity contribution in [1.82, 2.24) is 19.9 Å². The van der Waals surface area contributed by atoms with Gasteiger partial charge in [0.05, 0.1) is 17.6 Å². The van der Waals surface area contributed by atoms with Crippen LogP contribution in [-0.2, 0) is 12.8 Å². The molecule has 5 rings (SSSR count). The summed E-state index contributed by atoms with van der Waals surface area (Å²) in [6.07, 6.45) is 6.53. The maximum atomic E-state index is 13.1. The van der Waals surface area contributed by atoms with Gasteiger partial charge in [-0.1, -0.05) is 42.5 Å². The Hall–Kier alpha value is -3.71. The molecule has 1 saturated heterocycles. The molecule has 168 valence electrons. The average Bonchev–Trinajstić information content (AvgIpc) is 3.28. The molecule has 1 fully saturated rings. The standard InChI is InChI=1S/C26H28N6O/c33-26(30-22-11-4-5-12-24(22)31-17-14-27-15-18-31)23-13-16-32-25(29-23)21(19-28-32)10-6-9-20-7-2-1-3-8-20/h1-5,7-8,11-13,16,19,27H,6,9-10,14-15,17-18H2,(H,30,33). The van der Waals surface area contributed by atoms with Crippen LogP contribution < -0.4 is 15.5 Å². The summed E-state index contributed by atoms with van der Waals surface area (Å²) in [6, 6.07) is 20.1. The first-order valence-electron chi connectivity index (χ1n) is 11.5. The Labute approximate surface area is 193 Å². The quantitative estimate of drug-likeness (QED) is 0.460. The number of carbonyl (C=O) groups is 1. The van der Waals surface area contributed by atoms with Gasteiger partial charge in [0.15, 0.2) is 5.65 Å². The number of para-hydroxylation sites is 2. The lowest BCUT2D eigenvalue weighted by Crippen LogP contribution is -2.43. The molecule has 2 N–H and O–H groups in total. The minimum absolute atomic E-state index is 0.212. The van der Waals surface area contributed by atoms with Crippen LogP contribution in [-0.4, -0.2) is 46.7 Å². The summed E-state index contributed by atoms with van der Waals surface area (Å²) in [5.74, 6) is -0.212. The van der Waals surface area contributed by atoms with E-state index in [0.717, 1.165) is 68.0 Å². The van der Waals surface area contributed by atoms with Crippen molar-refractivity contribution in [2.75, 3.05) is 36.4 Å². The first-order chi connectivity index (χ1) is 16.3. The zero-order chi connectivity index (χ0) is 22.5. The second kappa shape index (κ2) is 9.83. The molecule has 3 heterocycles. The number of hydrogen-bond acceptors (Lipinski definition) is 5. The molecule has 0 aliphatic carbocycles. The van der Waals surface area contributed by atoms with E-state index >= 15 is 0 Å². The van der Waals surface area contributed by atoms with Gasteiger partial charge < -0.3 is 15.5 Å². The second-order valence-corrected chi connectivity index (χ2v) is 8.30. The van der Waals surface area contributed by atoms with Crippen molar-refractivity contribution < 1.29 is 4.79 Å². The highest BCUT2D eigenvalue weighted by Crippen LogP contribution is 2.26. The molecule has 4 aromatic rings. The topological polar surface area (TPSA) is 74.6 Å². The monoisotopic (exact) mass is 440 g/mol. The first kappa shape index (κ1) is 21.2. The smallest absolute Gasteiger partial charge is 0.274 e. The SMILES string of the molecule is O=C(Nc1ccccc1N1CCNCC1)c1ccn2ncc(CCCc3ccccc3)c2n1. The maximum Gasteiger partial charge on any atom is 0.274 e. The van der Waals surface area contributed by atoms with Gasteiger partial charge >= 0.3 is 0 Å². The maximum absolute atomic E-state index is 13.1. The molecular formula is C26H28N6O.